The topological polar surface area (TPSA) is 28.7 Å². The number of aromatic amines is 1. The van der Waals surface area contributed by atoms with E-state index < -0.39 is 0 Å². The minimum Gasteiger partial charge on any atom is -0.281 e. The molecule has 84 valence electrons. The first kappa shape index (κ1) is 11.9. The van der Waals surface area contributed by atoms with Gasteiger partial charge < -0.3 is 0 Å². The zero-order valence-electron chi connectivity index (χ0n) is 9.09. The Morgan fingerprint density at radius 1 is 1.12 bits per heavy atom. The minimum absolute atomic E-state index is 0.436. The second-order valence-corrected chi connectivity index (χ2v) is 5.67. The van der Waals surface area contributed by atoms with Crippen LogP contribution in [0.3, 0.4) is 0 Å². The number of halogens is 2. The third-order valence-electron chi connectivity index (χ3n) is 2.43. The first-order valence-corrected chi connectivity index (χ1v) is 6.68. The van der Waals surface area contributed by atoms with E-state index in [9.17, 15) is 0 Å². The normalized spacial score (nSPS) is 11.1. The molecular formula is C12H12Br2N2. The molecule has 0 radical (unpaired) electrons. The molecule has 1 aromatic heterocycles. The number of aromatic nitrogens is 2. The van der Waals surface area contributed by atoms with Crippen molar-refractivity contribution < 1.29 is 0 Å². The molecule has 0 saturated heterocycles. The van der Waals surface area contributed by atoms with Gasteiger partial charge in [0.15, 0.2) is 0 Å². The first-order valence-electron chi connectivity index (χ1n) is 5.09. The number of nitrogens with one attached hydrogen (secondary N) is 1. The average Bonchev–Trinajstić information content (AvgIpc) is 2.61. The second kappa shape index (κ2) is 4.72. The molecule has 0 aliphatic heterocycles. The maximum Gasteiger partial charge on any atom is 0.107 e. The summed E-state index contributed by atoms with van der Waals surface area (Å²) in [4.78, 5) is 0. The standard InChI is InChI=1S/C12H12Br2N2/c1-7(2)11-10(14)12(16-15-11)8-3-5-9(13)6-4-8/h3-7H,1-2H3,(H,15,16). The molecule has 4 heteroatoms. The van der Waals surface area contributed by atoms with Crippen molar-refractivity contribution in [1.82, 2.24) is 10.2 Å². The van der Waals surface area contributed by atoms with Crippen LogP contribution >= 0.6 is 31.9 Å². The maximum atomic E-state index is 4.35. The molecule has 0 bridgehead atoms. The lowest BCUT2D eigenvalue weighted by Gasteiger charge is -2.02. The van der Waals surface area contributed by atoms with Crippen molar-refractivity contribution in [1.29, 1.82) is 0 Å². The SMILES string of the molecule is CC(C)c1[nH]nc(-c2ccc(Br)cc2)c1Br. The Kier molecular flexibility index (Phi) is 3.50. The Morgan fingerprint density at radius 3 is 2.25 bits per heavy atom. The van der Waals surface area contributed by atoms with E-state index in [0.717, 1.165) is 25.9 Å². The molecule has 2 rings (SSSR count). The van der Waals surface area contributed by atoms with Crippen LogP contribution in [0.2, 0.25) is 0 Å². The summed E-state index contributed by atoms with van der Waals surface area (Å²) in [6.45, 7) is 4.28. The van der Waals surface area contributed by atoms with Gasteiger partial charge in [-0.1, -0.05) is 41.9 Å². The van der Waals surface area contributed by atoms with Crippen molar-refractivity contribution in [2.75, 3.05) is 0 Å². The van der Waals surface area contributed by atoms with Gasteiger partial charge in [-0.2, -0.15) is 5.10 Å². The molecule has 0 atom stereocenters. The fourth-order valence-corrected chi connectivity index (χ4v) is 2.65. The van der Waals surface area contributed by atoms with Crippen LogP contribution in [-0.4, -0.2) is 10.2 Å². The van der Waals surface area contributed by atoms with Crippen LogP contribution in [0, 0.1) is 0 Å². The predicted octanol–water partition coefficient (Wildman–Crippen LogP) is 4.73. The molecule has 1 N–H and O–H groups in total. The zero-order valence-corrected chi connectivity index (χ0v) is 12.3. The van der Waals surface area contributed by atoms with Crippen LogP contribution in [0.25, 0.3) is 11.3 Å². The predicted molar refractivity (Wildman–Crippen MR) is 73.5 cm³/mol. The van der Waals surface area contributed by atoms with E-state index in [2.05, 4.69) is 68.0 Å². The van der Waals surface area contributed by atoms with Crippen molar-refractivity contribution in [3.05, 3.63) is 38.9 Å². The van der Waals surface area contributed by atoms with Crippen molar-refractivity contribution in [3.8, 4) is 11.3 Å². The number of H-pyrrole nitrogens is 1. The number of benzene rings is 1. The summed E-state index contributed by atoms with van der Waals surface area (Å²) < 4.78 is 2.14. The summed E-state index contributed by atoms with van der Waals surface area (Å²) in [7, 11) is 0. The van der Waals surface area contributed by atoms with Gasteiger partial charge in [-0.05, 0) is 34.0 Å². The minimum atomic E-state index is 0.436. The summed E-state index contributed by atoms with van der Waals surface area (Å²) >= 11 is 7.03. The molecule has 0 amide bonds. The van der Waals surface area contributed by atoms with Crippen LogP contribution in [0.4, 0.5) is 0 Å². The average molecular weight is 344 g/mol. The van der Waals surface area contributed by atoms with E-state index in [-0.39, 0.29) is 0 Å². The summed E-state index contributed by atoms with van der Waals surface area (Å²) in [6, 6.07) is 8.14. The Bertz CT molecular complexity index is 486. The van der Waals surface area contributed by atoms with E-state index in [0.29, 0.717) is 5.92 Å². The molecule has 0 aliphatic rings. The van der Waals surface area contributed by atoms with E-state index in [1.165, 1.54) is 0 Å². The summed E-state index contributed by atoms with van der Waals surface area (Å²) in [5.74, 6) is 0.436. The van der Waals surface area contributed by atoms with E-state index >= 15 is 0 Å². The van der Waals surface area contributed by atoms with E-state index in [1.807, 2.05) is 12.1 Å². The molecule has 0 fully saturated rings. The molecule has 0 unspecified atom stereocenters. The first-order chi connectivity index (χ1) is 7.59. The van der Waals surface area contributed by atoms with Gasteiger partial charge >= 0.3 is 0 Å². The highest BCUT2D eigenvalue weighted by Crippen LogP contribution is 2.32. The van der Waals surface area contributed by atoms with Crippen LogP contribution in [0.5, 0.6) is 0 Å². The van der Waals surface area contributed by atoms with Gasteiger partial charge in [0, 0.05) is 10.0 Å². The van der Waals surface area contributed by atoms with Gasteiger partial charge in [-0.3, -0.25) is 5.10 Å². The number of rotatable bonds is 2. The monoisotopic (exact) mass is 342 g/mol. The Labute approximate surface area is 112 Å². The fourth-order valence-electron chi connectivity index (χ4n) is 1.52. The molecule has 2 aromatic rings. The zero-order chi connectivity index (χ0) is 11.7. The lowest BCUT2D eigenvalue weighted by molar-refractivity contribution is 0.807. The third-order valence-corrected chi connectivity index (χ3v) is 3.76. The summed E-state index contributed by atoms with van der Waals surface area (Å²) in [5, 5.41) is 7.43. The number of nitrogens with zero attached hydrogens (tertiary/aromatic N) is 1. The van der Waals surface area contributed by atoms with Crippen LogP contribution in [0.15, 0.2) is 33.2 Å². The van der Waals surface area contributed by atoms with Crippen molar-refractivity contribution >= 4 is 31.9 Å². The molecule has 0 aliphatic carbocycles. The fraction of sp³-hybridized carbons (Fsp3) is 0.250. The molecular weight excluding hydrogens is 332 g/mol. The molecule has 1 aromatic carbocycles. The second-order valence-electron chi connectivity index (χ2n) is 3.96. The number of hydrogen-bond donors (Lipinski definition) is 1. The number of hydrogen-bond acceptors (Lipinski definition) is 1. The van der Waals surface area contributed by atoms with Crippen molar-refractivity contribution in [3.63, 3.8) is 0 Å². The lowest BCUT2D eigenvalue weighted by Crippen LogP contribution is -1.87. The third kappa shape index (κ3) is 2.23. The molecule has 2 nitrogen and oxygen atoms in total. The van der Waals surface area contributed by atoms with Gasteiger partial charge in [-0.25, -0.2) is 0 Å². The molecule has 0 saturated carbocycles. The molecule has 0 spiro atoms. The lowest BCUT2D eigenvalue weighted by atomic mass is 10.1. The quantitative estimate of drug-likeness (QED) is 0.839. The van der Waals surface area contributed by atoms with E-state index in [4.69, 9.17) is 0 Å². The van der Waals surface area contributed by atoms with Crippen LogP contribution in [-0.2, 0) is 0 Å². The Hall–Kier alpha value is -0.610. The van der Waals surface area contributed by atoms with Gasteiger partial charge in [0.1, 0.15) is 5.69 Å². The van der Waals surface area contributed by atoms with E-state index in [1.54, 1.807) is 0 Å². The van der Waals surface area contributed by atoms with Gasteiger partial charge in [0.05, 0.1) is 10.2 Å². The highest BCUT2D eigenvalue weighted by Gasteiger charge is 2.14. The van der Waals surface area contributed by atoms with Crippen LogP contribution in [0.1, 0.15) is 25.5 Å². The maximum absolute atomic E-state index is 4.35. The smallest absolute Gasteiger partial charge is 0.107 e. The highest BCUT2D eigenvalue weighted by atomic mass is 79.9. The summed E-state index contributed by atoms with van der Waals surface area (Å²) in [6.07, 6.45) is 0. The van der Waals surface area contributed by atoms with Crippen LogP contribution < -0.4 is 0 Å². The highest BCUT2D eigenvalue weighted by molar-refractivity contribution is 9.10. The van der Waals surface area contributed by atoms with Crippen molar-refractivity contribution in [2.45, 2.75) is 19.8 Å². The van der Waals surface area contributed by atoms with Gasteiger partial charge in [-0.15, -0.1) is 0 Å². The van der Waals surface area contributed by atoms with Crippen molar-refractivity contribution in [2.24, 2.45) is 0 Å². The molecule has 1 heterocycles. The van der Waals surface area contributed by atoms with Gasteiger partial charge in [0.2, 0.25) is 0 Å². The molecule has 16 heavy (non-hydrogen) atoms. The Morgan fingerprint density at radius 2 is 1.75 bits per heavy atom. The Balaban J connectivity index is 2.45. The summed E-state index contributed by atoms with van der Waals surface area (Å²) in [5.41, 5.74) is 3.22. The largest absolute Gasteiger partial charge is 0.281 e. The van der Waals surface area contributed by atoms with Gasteiger partial charge in [0.25, 0.3) is 0 Å².